The Labute approximate surface area is 206 Å². The van der Waals surface area contributed by atoms with Crippen molar-refractivity contribution in [2.24, 2.45) is 0 Å². The van der Waals surface area contributed by atoms with Crippen molar-refractivity contribution in [1.82, 2.24) is 4.90 Å². The largest absolute Gasteiger partial charge is 0.508 e. The van der Waals surface area contributed by atoms with Gasteiger partial charge in [0.05, 0.1) is 13.2 Å². The van der Waals surface area contributed by atoms with Crippen LogP contribution < -0.4 is 9.47 Å². The van der Waals surface area contributed by atoms with Gasteiger partial charge in [-0.3, -0.25) is 4.90 Å². The third-order valence-electron chi connectivity index (χ3n) is 6.77. The van der Waals surface area contributed by atoms with Crippen LogP contribution in [0.15, 0.2) is 66.7 Å². The minimum absolute atomic E-state index is 0.188. The number of hydrogen-bond donors (Lipinski definition) is 2. The van der Waals surface area contributed by atoms with E-state index in [9.17, 15) is 10.2 Å². The molecule has 3 aromatic carbocycles. The van der Waals surface area contributed by atoms with Crippen LogP contribution in [0.4, 0.5) is 0 Å². The minimum Gasteiger partial charge on any atom is -0.508 e. The molecule has 0 amide bonds. The van der Waals surface area contributed by atoms with Gasteiger partial charge in [-0.2, -0.15) is 0 Å². The summed E-state index contributed by atoms with van der Waals surface area (Å²) < 4.78 is 18.0. The molecule has 0 aromatic heterocycles. The molecular formula is C29H31NO5. The van der Waals surface area contributed by atoms with E-state index in [1.165, 1.54) is 0 Å². The molecule has 2 heterocycles. The number of allylic oxidation sites excluding steroid dienone is 1. The van der Waals surface area contributed by atoms with Gasteiger partial charge in [0, 0.05) is 30.3 Å². The summed E-state index contributed by atoms with van der Waals surface area (Å²) in [4.78, 5) is 2.39. The summed E-state index contributed by atoms with van der Waals surface area (Å²) in [7, 11) is 0. The SMILES string of the molecule is CC1=C(c2cccc(O)c2)C(c2ccc(OCCN3CCOC[C@H]3C)cc2)Oc2ccc(O)cc21. The summed E-state index contributed by atoms with van der Waals surface area (Å²) in [5.41, 5.74) is 4.65. The Hall–Kier alpha value is -3.48. The van der Waals surface area contributed by atoms with E-state index in [0.29, 0.717) is 18.4 Å². The van der Waals surface area contributed by atoms with Crippen LogP contribution in [0.5, 0.6) is 23.0 Å². The van der Waals surface area contributed by atoms with E-state index in [2.05, 4.69) is 11.8 Å². The zero-order chi connectivity index (χ0) is 24.4. The molecule has 6 heteroatoms. The van der Waals surface area contributed by atoms with Crippen LogP contribution in [0.25, 0.3) is 11.1 Å². The molecule has 3 aromatic rings. The molecule has 0 radical (unpaired) electrons. The van der Waals surface area contributed by atoms with Crippen LogP contribution in [0, 0.1) is 0 Å². The Morgan fingerprint density at radius 3 is 2.57 bits per heavy atom. The number of rotatable bonds is 6. The van der Waals surface area contributed by atoms with Gasteiger partial charge in [0.25, 0.3) is 0 Å². The van der Waals surface area contributed by atoms with Crippen LogP contribution in [0.2, 0.25) is 0 Å². The van der Waals surface area contributed by atoms with Crippen molar-refractivity contribution in [1.29, 1.82) is 0 Å². The summed E-state index contributed by atoms with van der Waals surface area (Å²) in [6, 6.07) is 20.8. The number of ether oxygens (including phenoxy) is 3. The second-order valence-corrected chi connectivity index (χ2v) is 9.14. The third kappa shape index (κ3) is 4.99. The highest BCUT2D eigenvalue weighted by Crippen LogP contribution is 2.47. The first-order valence-electron chi connectivity index (χ1n) is 12.0. The zero-order valence-corrected chi connectivity index (χ0v) is 20.1. The van der Waals surface area contributed by atoms with Gasteiger partial charge in [-0.05, 0) is 73.0 Å². The van der Waals surface area contributed by atoms with E-state index in [1.54, 1.807) is 30.3 Å². The van der Waals surface area contributed by atoms with E-state index < -0.39 is 0 Å². The lowest BCUT2D eigenvalue weighted by Gasteiger charge is -2.33. The lowest BCUT2D eigenvalue weighted by Crippen LogP contribution is -2.45. The van der Waals surface area contributed by atoms with Crippen LogP contribution in [0.1, 0.15) is 36.6 Å². The molecule has 35 heavy (non-hydrogen) atoms. The molecule has 0 spiro atoms. The fraction of sp³-hybridized carbons (Fsp3) is 0.310. The van der Waals surface area contributed by atoms with E-state index in [1.807, 2.05) is 43.3 Å². The Morgan fingerprint density at radius 2 is 1.80 bits per heavy atom. The highest BCUT2D eigenvalue weighted by molar-refractivity contribution is 5.95. The van der Waals surface area contributed by atoms with E-state index in [4.69, 9.17) is 14.2 Å². The predicted molar refractivity (Wildman–Crippen MR) is 136 cm³/mol. The fourth-order valence-electron chi connectivity index (χ4n) is 4.83. The molecule has 182 valence electrons. The summed E-state index contributed by atoms with van der Waals surface area (Å²) in [6.07, 6.45) is -0.364. The van der Waals surface area contributed by atoms with Gasteiger partial charge in [-0.1, -0.05) is 24.3 Å². The lowest BCUT2D eigenvalue weighted by molar-refractivity contribution is -0.00514. The van der Waals surface area contributed by atoms with Gasteiger partial charge in [-0.25, -0.2) is 0 Å². The topological polar surface area (TPSA) is 71.4 Å². The van der Waals surface area contributed by atoms with Gasteiger partial charge < -0.3 is 24.4 Å². The first kappa shape index (κ1) is 23.3. The van der Waals surface area contributed by atoms with Crippen LogP contribution >= 0.6 is 0 Å². The van der Waals surface area contributed by atoms with Crippen LogP contribution in [-0.4, -0.2) is 54.1 Å². The summed E-state index contributed by atoms with van der Waals surface area (Å²) in [6.45, 7) is 8.17. The van der Waals surface area contributed by atoms with Crippen molar-refractivity contribution in [3.05, 3.63) is 83.4 Å². The number of benzene rings is 3. The molecule has 1 unspecified atom stereocenters. The smallest absolute Gasteiger partial charge is 0.150 e. The van der Waals surface area contributed by atoms with Crippen LogP contribution in [-0.2, 0) is 4.74 Å². The molecule has 0 saturated carbocycles. The predicted octanol–water partition coefficient (Wildman–Crippen LogP) is 5.26. The number of hydrogen-bond acceptors (Lipinski definition) is 6. The summed E-state index contributed by atoms with van der Waals surface area (Å²) in [5.74, 6) is 1.92. The quantitative estimate of drug-likeness (QED) is 0.509. The maximum Gasteiger partial charge on any atom is 0.150 e. The molecule has 2 atom stereocenters. The molecule has 0 bridgehead atoms. The van der Waals surface area contributed by atoms with E-state index in [-0.39, 0.29) is 17.6 Å². The second kappa shape index (κ2) is 10.0. The van der Waals surface area contributed by atoms with Gasteiger partial charge in [0.2, 0.25) is 0 Å². The average Bonchev–Trinajstić information content (AvgIpc) is 2.86. The van der Waals surface area contributed by atoms with Crippen molar-refractivity contribution >= 4 is 11.1 Å². The minimum atomic E-state index is -0.364. The van der Waals surface area contributed by atoms with Crippen LogP contribution in [0.3, 0.4) is 0 Å². The number of aromatic hydroxyl groups is 2. The van der Waals surface area contributed by atoms with Crippen molar-refractivity contribution in [3.63, 3.8) is 0 Å². The number of phenolic OH excluding ortho intramolecular Hbond substituents is 2. The second-order valence-electron chi connectivity index (χ2n) is 9.14. The molecule has 1 saturated heterocycles. The number of nitrogens with zero attached hydrogens (tertiary/aromatic N) is 1. The molecule has 1 fully saturated rings. The Bertz CT molecular complexity index is 1220. The maximum atomic E-state index is 10.1. The lowest BCUT2D eigenvalue weighted by atomic mass is 9.86. The molecule has 2 aliphatic heterocycles. The third-order valence-corrected chi connectivity index (χ3v) is 6.77. The molecule has 2 aliphatic rings. The zero-order valence-electron chi connectivity index (χ0n) is 20.1. The van der Waals surface area contributed by atoms with Crippen molar-refractivity contribution in [2.75, 3.05) is 32.9 Å². The Kier molecular flexibility index (Phi) is 6.66. The van der Waals surface area contributed by atoms with Crippen molar-refractivity contribution in [2.45, 2.75) is 26.0 Å². The standard InChI is InChI=1S/C29H31NO5/c1-19-18-33-14-12-30(19)13-15-34-25-9-6-21(7-10-25)29-28(22-4-3-5-23(31)16-22)20(2)26-17-24(32)8-11-27(26)35-29/h3-11,16-17,19,29,31-32H,12-15,18H2,1-2H3/t19-,29?/m1/s1. The normalized spacial score (nSPS) is 20.3. The monoisotopic (exact) mass is 473 g/mol. The number of fused-ring (bicyclic) bond motifs is 1. The average molecular weight is 474 g/mol. The highest BCUT2D eigenvalue weighted by atomic mass is 16.5. The van der Waals surface area contributed by atoms with E-state index >= 15 is 0 Å². The first-order valence-corrected chi connectivity index (χ1v) is 12.0. The summed E-state index contributed by atoms with van der Waals surface area (Å²) >= 11 is 0. The molecule has 0 aliphatic carbocycles. The molecule has 6 nitrogen and oxygen atoms in total. The van der Waals surface area contributed by atoms with Gasteiger partial charge >= 0.3 is 0 Å². The van der Waals surface area contributed by atoms with Gasteiger partial charge in [-0.15, -0.1) is 0 Å². The number of phenols is 2. The Balaban J connectivity index is 1.38. The molecular weight excluding hydrogens is 442 g/mol. The van der Waals surface area contributed by atoms with Crippen molar-refractivity contribution < 1.29 is 24.4 Å². The Morgan fingerprint density at radius 1 is 1.00 bits per heavy atom. The first-order chi connectivity index (χ1) is 17.0. The fourth-order valence-corrected chi connectivity index (χ4v) is 4.83. The summed E-state index contributed by atoms with van der Waals surface area (Å²) in [5, 5.41) is 20.2. The van der Waals surface area contributed by atoms with Gasteiger partial charge in [0.1, 0.15) is 35.7 Å². The van der Waals surface area contributed by atoms with Crippen molar-refractivity contribution in [3.8, 4) is 23.0 Å². The van der Waals surface area contributed by atoms with Gasteiger partial charge in [0.15, 0.2) is 0 Å². The maximum absolute atomic E-state index is 10.1. The number of morpholine rings is 1. The highest BCUT2D eigenvalue weighted by Gasteiger charge is 2.29. The molecule has 5 rings (SSSR count). The molecule has 2 N–H and O–H groups in total. The van der Waals surface area contributed by atoms with E-state index in [0.717, 1.165) is 59.9 Å².